The van der Waals surface area contributed by atoms with Gasteiger partial charge < -0.3 is 0 Å². The Morgan fingerprint density at radius 2 is 2.00 bits per heavy atom. The third kappa shape index (κ3) is 5.17. The van der Waals surface area contributed by atoms with Gasteiger partial charge in [-0.2, -0.15) is 0 Å². The van der Waals surface area contributed by atoms with Gasteiger partial charge in [-0.3, -0.25) is 0 Å². The third-order valence-corrected chi connectivity index (χ3v) is 1.34. The summed E-state index contributed by atoms with van der Waals surface area (Å²) in [4.78, 5) is 5.25. The van der Waals surface area contributed by atoms with Crippen molar-refractivity contribution in [2.75, 3.05) is 13.1 Å². The van der Waals surface area contributed by atoms with E-state index in [1.807, 2.05) is 13.0 Å². The van der Waals surface area contributed by atoms with Gasteiger partial charge in [0.15, 0.2) is 0 Å². The van der Waals surface area contributed by atoms with Crippen molar-refractivity contribution in [2.45, 2.75) is 13.3 Å². The van der Waals surface area contributed by atoms with Crippen molar-refractivity contribution in [1.82, 2.24) is 0 Å². The molecule has 0 unspecified atom stereocenters. The predicted octanol–water partition coefficient (Wildman–Crippen LogP) is 2.94. The second-order valence-corrected chi connectivity index (χ2v) is 2.04. The van der Waals surface area contributed by atoms with Crippen LogP contribution in [0.2, 0.25) is 0 Å². The predicted molar refractivity (Wildman–Crippen MR) is 46.4 cm³/mol. The van der Waals surface area contributed by atoms with Crippen LogP contribution in [0.3, 0.4) is 0 Å². The van der Waals surface area contributed by atoms with E-state index in [0.717, 1.165) is 5.57 Å². The molecule has 0 aromatic rings. The molecule has 0 aliphatic rings. The minimum Gasteiger partial charge on any atom is -0.0936 e. The van der Waals surface area contributed by atoms with E-state index in [2.05, 4.69) is 20.1 Å². The van der Waals surface area contributed by atoms with Crippen molar-refractivity contribution < 1.29 is 0 Å². The van der Waals surface area contributed by atoms with Gasteiger partial charge in [0.05, 0.1) is 0 Å². The van der Waals surface area contributed by atoms with Crippen LogP contribution in [0.1, 0.15) is 13.3 Å². The Balaban J connectivity index is 3.84. The van der Waals surface area contributed by atoms with E-state index < -0.39 is 0 Å². The fraction of sp³-hybridized carbons (Fsp3) is 0.667. The molecule has 0 atom stereocenters. The summed E-state index contributed by atoms with van der Waals surface area (Å²) in [5.41, 5.74) is 17.0. The molecule has 0 N–H and O–H groups in total. The van der Waals surface area contributed by atoms with Crippen LogP contribution in [0.4, 0.5) is 0 Å². The largest absolute Gasteiger partial charge is 0.0936 e. The first-order valence-electron chi connectivity index (χ1n) is 3.51. The maximum absolute atomic E-state index is 8.03. The number of hydrogen-bond donors (Lipinski definition) is 0. The van der Waals surface area contributed by atoms with Gasteiger partial charge in [0.1, 0.15) is 0 Å². The van der Waals surface area contributed by atoms with Crippen molar-refractivity contribution in [3.8, 4) is 0 Å². The zero-order valence-corrected chi connectivity index (χ0v) is 6.88. The molecule has 0 amide bonds. The second-order valence-electron chi connectivity index (χ2n) is 2.04. The van der Waals surface area contributed by atoms with E-state index in [1.54, 1.807) is 0 Å². The molecule has 6 nitrogen and oxygen atoms in total. The monoisotopic (exact) mass is 166 g/mol. The van der Waals surface area contributed by atoms with Gasteiger partial charge in [-0.1, -0.05) is 21.9 Å². The van der Waals surface area contributed by atoms with E-state index in [1.165, 1.54) is 0 Å². The Labute approximate surface area is 70.1 Å². The van der Waals surface area contributed by atoms with E-state index in [9.17, 15) is 0 Å². The lowest BCUT2D eigenvalue weighted by atomic mass is 10.2. The maximum Gasteiger partial charge on any atom is 0.0469 e. The summed E-state index contributed by atoms with van der Waals surface area (Å²) in [5.74, 6) is 0. The molecular formula is C6H10N6. The van der Waals surface area contributed by atoms with E-state index in [-0.39, 0.29) is 0 Å². The molecule has 0 bridgehead atoms. The van der Waals surface area contributed by atoms with Crippen molar-refractivity contribution in [1.29, 1.82) is 0 Å². The molecule has 0 aromatic carbocycles. The molecule has 0 heterocycles. The quantitative estimate of drug-likeness (QED) is 0.259. The Morgan fingerprint density at radius 1 is 1.33 bits per heavy atom. The molecule has 0 rings (SSSR count). The number of hydrogen-bond acceptors (Lipinski definition) is 2. The third-order valence-electron chi connectivity index (χ3n) is 1.34. The highest BCUT2D eigenvalue weighted by Gasteiger charge is 1.92. The van der Waals surface area contributed by atoms with Crippen LogP contribution in [-0.2, 0) is 0 Å². The molecular weight excluding hydrogens is 156 g/mol. The highest BCUT2D eigenvalue weighted by Crippen LogP contribution is 2.01. The number of allylic oxidation sites excluding steroid dienone is 1. The first kappa shape index (κ1) is 10.4. The molecule has 0 saturated heterocycles. The van der Waals surface area contributed by atoms with Crippen LogP contribution >= 0.6 is 0 Å². The average molecular weight is 166 g/mol. The molecule has 0 fully saturated rings. The molecule has 6 heteroatoms. The van der Waals surface area contributed by atoms with Gasteiger partial charge in [-0.05, 0) is 24.4 Å². The summed E-state index contributed by atoms with van der Waals surface area (Å²) >= 11 is 0. The van der Waals surface area contributed by atoms with Gasteiger partial charge in [0, 0.05) is 22.9 Å². The summed E-state index contributed by atoms with van der Waals surface area (Å²) in [5, 5.41) is 6.77. The van der Waals surface area contributed by atoms with Gasteiger partial charge >= 0.3 is 0 Å². The lowest BCUT2D eigenvalue weighted by Crippen LogP contribution is -1.90. The summed E-state index contributed by atoms with van der Waals surface area (Å²) in [6, 6.07) is 0. The molecule has 0 spiro atoms. The van der Waals surface area contributed by atoms with Gasteiger partial charge in [-0.15, -0.1) is 0 Å². The first-order valence-corrected chi connectivity index (χ1v) is 3.51. The van der Waals surface area contributed by atoms with E-state index in [0.29, 0.717) is 19.5 Å². The summed E-state index contributed by atoms with van der Waals surface area (Å²) in [7, 11) is 0. The van der Waals surface area contributed by atoms with Crippen LogP contribution in [0.25, 0.3) is 20.9 Å². The SMILES string of the molecule is CC=C(CCN=[N+]=[N-])CN=[N+]=[N-]. The Bertz CT molecular complexity index is 243. The summed E-state index contributed by atoms with van der Waals surface area (Å²) in [6.07, 6.45) is 2.52. The molecule has 64 valence electrons. The number of azide groups is 2. The second kappa shape index (κ2) is 7.47. The van der Waals surface area contributed by atoms with E-state index >= 15 is 0 Å². The van der Waals surface area contributed by atoms with Crippen LogP contribution < -0.4 is 0 Å². The lowest BCUT2D eigenvalue weighted by Gasteiger charge is -1.97. The molecule has 0 saturated carbocycles. The lowest BCUT2D eigenvalue weighted by molar-refractivity contribution is 0.898. The summed E-state index contributed by atoms with van der Waals surface area (Å²) in [6.45, 7) is 2.63. The van der Waals surface area contributed by atoms with Crippen molar-refractivity contribution in [2.24, 2.45) is 10.2 Å². The fourth-order valence-electron chi connectivity index (χ4n) is 0.675. The van der Waals surface area contributed by atoms with Crippen LogP contribution in [0.5, 0.6) is 0 Å². The highest BCUT2D eigenvalue weighted by molar-refractivity contribution is 5.02. The Hall–Kier alpha value is -1.64. The van der Waals surface area contributed by atoms with Crippen molar-refractivity contribution >= 4 is 0 Å². The standard InChI is InChI=1S/C6H10N6/c1-2-6(5-10-12-8)3-4-9-11-7/h2H,3-5H2,1H3. The molecule has 0 aliphatic heterocycles. The van der Waals surface area contributed by atoms with Crippen molar-refractivity contribution in [3.05, 3.63) is 32.5 Å². The van der Waals surface area contributed by atoms with Crippen LogP contribution in [0.15, 0.2) is 21.9 Å². The van der Waals surface area contributed by atoms with E-state index in [4.69, 9.17) is 11.1 Å². The zero-order valence-electron chi connectivity index (χ0n) is 6.88. The number of nitrogens with zero attached hydrogens (tertiary/aromatic N) is 6. The normalized spacial score (nSPS) is 9.92. The zero-order chi connectivity index (χ0) is 9.23. The summed E-state index contributed by atoms with van der Waals surface area (Å²) < 4.78 is 0. The molecule has 12 heavy (non-hydrogen) atoms. The first-order chi connectivity index (χ1) is 5.85. The molecule has 0 aliphatic carbocycles. The highest BCUT2D eigenvalue weighted by atomic mass is 15.1. The maximum atomic E-state index is 8.03. The topological polar surface area (TPSA) is 97.5 Å². The molecule has 0 radical (unpaired) electrons. The smallest absolute Gasteiger partial charge is 0.0469 e. The van der Waals surface area contributed by atoms with Crippen LogP contribution in [0, 0.1) is 0 Å². The van der Waals surface area contributed by atoms with Gasteiger partial charge in [0.25, 0.3) is 0 Å². The average Bonchev–Trinajstić information content (AvgIpc) is 2.11. The van der Waals surface area contributed by atoms with Crippen LogP contribution in [-0.4, -0.2) is 13.1 Å². The minimum absolute atomic E-state index is 0.355. The van der Waals surface area contributed by atoms with Gasteiger partial charge in [-0.25, -0.2) is 0 Å². The fourth-order valence-corrected chi connectivity index (χ4v) is 0.675. The van der Waals surface area contributed by atoms with Gasteiger partial charge in [0.2, 0.25) is 0 Å². The Kier molecular flexibility index (Phi) is 6.45. The Morgan fingerprint density at radius 3 is 2.50 bits per heavy atom. The van der Waals surface area contributed by atoms with Crippen molar-refractivity contribution in [3.63, 3.8) is 0 Å². The molecule has 0 aromatic heterocycles. The number of rotatable bonds is 5. The minimum atomic E-state index is 0.355.